The van der Waals surface area contributed by atoms with Crippen molar-refractivity contribution in [3.05, 3.63) is 35.9 Å². The van der Waals surface area contributed by atoms with Gasteiger partial charge in [-0.2, -0.15) is 0 Å². The maximum Gasteiger partial charge on any atom is 0.322 e. The van der Waals surface area contributed by atoms with Gasteiger partial charge in [-0.25, -0.2) is 4.79 Å². The highest BCUT2D eigenvalue weighted by molar-refractivity contribution is 5.96. The molecule has 0 bridgehead atoms. The van der Waals surface area contributed by atoms with Crippen LogP contribution in [0.1, 0.15) is 33.3 Å². The Morgan fingerprint density at radius 2 is 1.76 bits per heavy atom. The van der Waals surface area contributed by atoms with Crippen molar-refractivity contribution in [3.63, 3.8) is 0 Å². The Balaban J connectivity index is 2.52. The number of carbonyl (C=O) groups excluding carboxylic acids is 2. The van der Waals surface area contributed by atoms with Crippen LogP contribution in [-0.2, 0) is 11.3 Å². The van der Waals surface area contributed by atoms with Crippen LogP contribution in [0.15, 0.2) is 30.3 Å². The van der Waals surface area contributed by atoms with E-state index in [2.05, 4.69) is 10.6 Å². The maximum atomic E-state index is 12.1. The zero-order valence-electron chi connectivity index (χ0n) is 13.5. The number of urea groups is 1. The monoisotopic (exact) mass is 292 g/mol. The lowest BCUT2D eigenvalue weighted by Crippen LogP contribution is -3.12. The molecule has 0 radical (unpaired) electrons. The Labute approximate surface area is 126 Å². The number of hydrogen-bond acceptors (Lipinski definition) is 2. The lowest BCUT2D eigenvalue weighted by molar-refractivity contribution is -0.908. The van der Waals surface area contributed by atoms with Crippen LogP contribution in [0.3, 0.4) is 0 Å². The van der Waals surface area contributed by atoms with E-state index < -0.39 is 6.03 Å². The Bertz CT molecular complexity index is 480. The van der Waals surface area contributed by atoms with E-state index in [1.165, 1.54) is 0 Å². The summed E-state index contributed by atoms with van der Waals surface area (Å²) in [5, 5.41) is 5.11. The van der Waals surface area contributed by atoms with Crippen LogP contribution in [0.5, 0.6) is 0 Å². The summed E-state index contributed by atoms with van der Waals surface area (Å²) in [6.45, 7) is 8.15. The minimum atomic E-state index is -0.452. The van der Waals surface area contributed by atoms with E-state index in [4.69, 9.17) is 0 Å². The first-order chi connectivity index (χ1) is 9.69. The lowest BCUT2D eigenvalue weighted by atomic mass is 10.1. The second kappa shape index (κ2) is 7.22. The summed E-state index contributed by atoms with van der Waals surface area (Å²) < 4.78 is 0. The quantitative estimate of drug-likeness (QED) is 0.765. The maximum absolute atomic E-state index is 12.1. The van der Waals surface area contributed by atoms with Crippen molar-refractivity contribution in [2.45, 2.75) is 45.8 Å². The summed E-state index contributed by atoms with van der Waals surface area (Å²) in [6.07, 6.45) is 0. The van der Waals surface area contributed by atoms with E-state index in [1.54, 1.807) is 0 Å². The third kappa shape index (κ3) is 6.40. The predicted octanol–water partition coefficient (Wildman–Crippen LogP) is 0.714. The zero-order valence-corrected chi connectivity index (χ0v) is 13.5. The van der Waals surface area contributed by atoms with Gasteiger partial charge in [-0.05, 0) is 27.7 Å². The number of carbonyl (C=O) groups is 2. The molecule has 2 atom stereocenters. The molecule has 1 aromatic rings. The zero-order chi connectivity index (χ0) is 16.0. The van der Waals surface area contributed by atoms with Gasteiger partial charge in [0, 0.05) is 11.1 Å². The number of quaternary nitrogens is 1. The number of imide groups is 1. The summed E-state index contributed by atoms with van der Waals surface area (Å²) in [4.78, 5) is 24.8. The second-order valence-electron chi connectivity index (χ2n) is 6.42. The number of likely N-dealkylation sites (N-methyl/N-ethyl adjacent to an activating group) is 1. The van der Waals surface area contributed by atoms with Gasteiger partial charge in [0.25, 0.3) is 5.91 Å². The molecule has 3 amide bonds. The summed E-state index contributed by atoms with van der Waals surface area (Å²) in [7, 11) is 1.94. The predicted molar refractivity (Wildman–Crippen MR) is 82.9 cm³/mol. The third-order valence-corrected chi connectivity index (χ3v) is 3.18. The summed E-state index contributed by atoms with van der Waals surface area (Å²) in [5.74, 6) is -0.273. The van der Waals surface area contributed by atoms with Crippen molar-refractivity contribution in [2.24, 2.45) is 0 Å². The van der Waals surface area contributed by atoms with Crippen molar-refractivity contribution < 1.29 is 14.5 Å². The molecule has 1 rings (SSSR count). The molecular formula is C16H26N3O2+. The highest BCUT2D eigenvalue weighted by Crippen LogP contribution is 1.98. The molecule has 0 fully saturated rings. The van der Waals surface area contributed by atoms with Gasteiger partial charge in [0.2, 0.25) is 0 Å². The molecule has 0 heterocycles. The second-order valence-corrected chi connectivity index (χ2v) is 6.42. The molecule has 0 saturated heterocycles. The number of hydrogen-bond donors (Lipinski definition) is 3. The van der Waals surface area contributed by atoms with Gasteiger partial charge in [0.05, 0.1) is 7.05 Å². The minimum absolute atomic E-state index is 0.273. The van der Waals surface area contributed by atoms with Crippen LogP contribution in [0.25, 0.3) is 0 Å². The van der Waals surface area contributed by atoms with Crippen LogP contribution < -0.4 is 15.5 Å². The fraction of sp³-hybridized carbons (Fsp3) is 0.500. The van der Waals surface area contributed by atoms with Gasteiger partial charge in [-0.15, -0.1) is 0 Å². The molecule has 1 aromatic carbocycles. The molecule has 21 heavy (non-hydrogen) atoms. The Morgan fingerprint density at radius 3 is 2.29 bits per heavy atom. The average Bonchev–Trinajstić information content (AvgIpc) is 2.36. The summed E-state index contributed by atoms with van der Waals surface area (Å²) in [6, 6.07) is 9.21. The molecule has 5 heteroatoms. The number of benzene rings is 1. The molecule has 0 saturated carbocycles. The van der Waals surface area contributed by atoms with Crippen LogP contribution in [0, 0.1) is 0 Å². The highest BCUT2D eigenvalue weighted by Gasteiger charge is 2.24. The van der Waals surface area contributed by atoms with Crippen molar-refractivity contribution in [1.82, 2.24) is 10.6 Å². The fourth-order valence-electron chi connectivity index (χ4n) is 1.89. The van der Waals surface area contributed by atoms with E-state index >= 15 is 0 Å². The van der Waals surface area contributed by atoms with Gasteiger partial charge < -0.3 is 10.2 Å². The molecule has 0 aliphatic carbocycles. The van der Waals surface area contributed by atoms with E-state index in [9.17, 15) is 9.59 Å². The standard InChI is InChI=1S/C16H25N3O2/c1-12(14(20)17-15(21)18-16(2,3)4)19(5)11-13-9-7-6-8-10-13/h6-10,12H,11H2,1-5H3,(H2,17,18,20,21)/p+1/t12-/m0/s1. The summed E-state index contributed by atoms with van der Waals surface area (Å²) >= 11 is 0. The van der Waals surface area contributed by atoms with Crippen LogP contribution >= 0.6 is 0 Å². The minimum Gasteiger partial charge on any atom is -0.333 e. The smallest absolute Gasteiger partial charge is 0.322 e. The SMILES string of the molecule is C[C@@H](C(=O)NC(=O)NC(C)(C)C)[NH+](C)Cc1ccccc1. The molecule has 3 N–H and O–H groups in total. The first-order valence-corrected chi connectivity index (χ1v) is 7.18. The lowest BCUT2D eigenvalue weighted by Gasteiger charge is -2.23. The van der Waals surface area contributed by atoms with Crippen molar-refractivity contribution in [3.8, 4) is 0 Å². The van der Waals surface area contributed by atoms with Gasteiger partial charge in [0.15, 0.2) is 6.04 Å². The highest BCUT2D eigenvalue weighted by atomic mass is 16.2. The van der Waals surface area contributed by atoms with Crippen molar-refractivity contribution in [2.75, 3.05) is 7.05 Å². The molecule has 0 aliphatic rings. The molecule has 0 aliphatic heterocycles. The number of nitrogens with one attached hydrogen (secondary N) is 3. The number of amides is 3. The largest absolute Gasteiger partial charge is 0.333 e. The molecule has 5 nitrogen and oxygen atoms in total. The summed E-state index contributed by atoms with van der Waals surface area (Å²) in [5.41, 5.74) is 0.796. The molecule has 116 valence electrons. The Kier molecular flexibility index (Phi) is 5.90. The van der Waals surface area contributed by atoms with E-state index in [-0.39, 0.29) is 17.5 Å². The topological polar surface area (TPSA) is 62.6 Å². The third-order valence-electron chi connectivity index (χ3n) is 3.18. The molecular weight excluding hydrogens is 266 g/mol. The first-order valence-electron chi connectivity index (χ1n) is 7.18. The Hall–Kier alpha value is -1.88. The molecule has 0 spiro atoms. The molecule has 0 aromatic heterocycles. The van der Waals surface area contributed by atoms with Gasteiger partial charge >= 0.3 is 6.03 Å². The van der Waals surface area contributed by atoms with Gasteiger partial charge in [-0.3, -0.25) is 10.1 Å². The van der Waals surface area contributed by atoms with Crippen LogP contribution in [0.2, 0.25) is 0 Å². The number of rotatable bonds is 4. The fourth-order valence-corrected chi connectivity index (χ4v) is 1.89. The van der Waals surface area contributed by atoms with E-state index in [0.717, 1.165) is 17.0 Å². The van der Waals surface area contributed by atoms with Crippen molar-refractivity contribution >= 4 is 11.9 Å². The first kappa shape index (κ1) is 17.2. The van der Waals surface area contributed by atoms with Crippen LogP contribution in [-0.4, -0.2) is 30.6 Å². The van der Waals surface area contributed by atoms with Gasteiger partial charge in [-0.1, -0.05) is 30.3 Å². The average molecular weight is 292 g/mol. The van der Waals surface area contributed by atoms with E-state index in [0.29, 0.717) is 0 Å². The normalized spacial score (nSPS) is 14.1. The Morgan fingerprint density at radius 1 is 1.19 bits per heavy atom. The van der Waals surface area contributed by atoms with Crippen molar-refractivity contribution in [1.29, 1.82) is 0 Å². The van der Waals surface area contributed by atoms with Gasteiger partial charge in [0.1, 0.15) is 6.54 Å². The van der Waals surface area contributed by atoms with Crippen LogP contribution in [0.4, 0.5) is 4.79 Å². The molecule has 1 unspecified atom stereocenters. The van der Waals surface area contributed by atoms with E-state index in [1.807, 2.05) is 65.1 Å².